The van der Waals surface area contributed by atoms with Gasteiger partial charge in [0.1, 0.15) is 18.1 Å². The highest BCUT2D eigenvalue weighted by Crippen LogP contribution is 2.29. The molecule has 0 aromatic carbocycles. The second kappa shape index (κ2) is 15.0. The molecule has 7 atom stereocenters. The van der Waals surface area contributed by atoms with Gasteiger partial charge in [0.05, 0.1) is 19.3 Å². The van der Waals surface area contributed by atoms with Crippen molar-refractivity contribution in [2.24, 2.45) is 11.8 Å². The Morgan fingerprint density at radius 3 is 2.57 bits per heavy atom. The van der Waals surface area contributed by atoms with Crippen LogP contribution in [0, 0.1) is 11.8 Å². The molecular formula is C28H43NO6. The third-order valence-corrected chi connectivity index (χ3v) is 6.57. The molecule has 0 radical (unpaired) electrons. The van der Waals surface area contributed by atoms with Gasteiger partial charge in [0.25, 0.3) is 0 Å². The topological polar surface area (TPSA) is 74.3 Å². The lowest BCUT2D eigenvalue weighted by atomic mass is 9.89. The summed E-state index contributed by atoms with van der Waals surface area (Å²) in [4.78, 5) is 25.7. The highest BCUT2D eigenvalue weighted by molar-refractivity contribution is 5.82. The van der Waals surface area contributed by atoms with Gasteiger partial charge in [-0.2, -0.15) is 0 Å². The van der Waals surface area contributed by atoms with Crippen molar-refractivity contribution in [2.45, 2.75) is 83.5 Å². The Labute approximate surface area is 210 Å². The summed E-state index contributed by atoms with van der Waals surface area (Å²) in [5.41, 5.74) is 0. The number of methoxy groups -OCH3 is 1. The number of hydrogen-bond donors (Lipinski definition) is 0. The smallest absolute Gasteiger partial charge is 0.331 e. The summed E-state index contributed by atoms with van der Waals surface area (Å²) < 4.78 is 23.5. The van der Waals surface area contributed by atoms with E-state index in [0.717, 1.165) is 19.1 Å². The van der Waals surface area contributed by atoms with Gasteiger partial charge in [-0.15, -0.1) is 0 Å². The third kappa shape index (κ3) is 10.1. The molecule has 7 nitrogen and oxygen atoms in total. The number of nitrogens with zero attached hydrogens (tertiary/aromatic N) is 1. The lowest BCUT2D eigenvalue weighted by Crippen LogP contribution is -2.46. The van der Waals surface area contributed by atoms with Crippen molar-refractivity contribution < 1.29 is 28.5 Å². The molecule has 1 saturated heterocycles. The van der Waals surface area contributed by atoms with Crippen LogP contribution >= 0.6 is 0 Å². The predicted octanol–water partition coefficient (Wildman–Crippen LogP) is 4.59. The first kappa shape index (κ1) is 29.0. The minimum absolute atomic E-state index is 0.0655. The van der Waals surface area contributed by atoms with Gasteiger partial charge in [-0.1, -0.05) is 31.2 Å². The minimum atomic E-state index is -0.427. The fourth-order valence-electron chi connectivity index (χ4n) is 4.61. The molecule has 196 valence electrons. The predicted molar refractivity (Wildman–Crippen MR) is 137 cm³/mol. The molecular weight excluding hydrogens is 446 g/mol. The Hall–Kier alpha value is -2.22. The van der Waals surface area contributed by atoms with E-state index in [1.54, 1.807) is 13.2 Å². The molecule has 2 aliphatic rings. The van der Waals surface area contributed by atoms with E-state index in [1.165, 1.54) is 6.08 Å². The van der Waals surface area contributed by atoms with Gasteiger partial charge >= 0.3 is 5.97 Å². The van der Waals surface area contributed by atoms with E-state index in [-0.39, 0.29) is 36.4 Å². The Kier molecular flexibility index (Phi) is 12.4. The Morgan fingerprint density at radius 2 is 1.91 bits per heavy atom. The van der Waals surface area contributed by atoms with Crippen LogP contribution in [0.4, 0.5) is 0 Å². The Balaban J connectivity index is 2.24. The highest BCUT2D eigenvalue weighted by Gasteiger charge is 2.32. The van der Waals surface area contributed by atoms with Crippen molar-refractivity contribution in [2.75, 3.05) is 21.2 Å². The van der Waals surface area contributed by atoms with Crippen molar-refractivity contribution in [3.8, 4) is 0 Å². The van der Waals surface area contributed by atoms with Crippen LogP contribution in [0.15, 0.2) is 48.3 Å². The lowest BCUT2D eigenvalue weighted by Gasteiger charge is -2.39. The van der Waals surface area contributed by atoms with Crippen molar-refractivity contribution in [1.82, 2.24) is 4.90 Å². The van der Waals surface area contributed by atoms with Crippen LogP contribution in [0.3, 0.4) is 0 Å². The summed E-state index contributed by atoms with van der Waals surface area (Å²) in [5, 5.41) is 0. The maximum Gasteiger partial charge on any atom is 0.331 e. The van der Waals surface area contributed by atoms with Gasteiger partial charge in [0.15, 0.2) is 6.29 Å². The molecule has 0 saturated carbocycles. The molecule has 2 aliphatic heterocycles. The average molecular weight is 490 g/mol. The largest absolute Gasteiger partial charge is 0.497 e. The van der Waals surface area contributed by atoms with Crippen molar-refractivity contribution in [1.29, 1.82) is 0 Å². The van der Waals surface area contributed by atoms with Crippen LogP contribution in [0.5, 0.6) is 0 Å². The van der Waals surface area contributed by atoms with Gasteiger partial charge in [-0.3, -0.25) is 0 Å². The quantitative estimate of drug-likeness (QED) is 0.399. The second-order valence-electron chi connectivity index (χ2n) is 9.76. The van der Waals surface area contributed by atoms with E-state index in [1.807, 2.05) is 31.2 Å². The average Bonchev–Trinajstić information content (AvgIpc) is 2.79. The number of carbonyl (C=O) groups is 2. The Bertz CT molecular complexity index is 786. The second-order valence-corrected chi connectivity index (χ2v) is 9.76. The van der Waals surface area contributed by atoms with Gasteiger partial charge in [0, 0.05) is 25.0 Å². The van der Waals surface area contributed by atoms with E-state index in [9.17, 15) is 9.59 Å². The van der Waals surface area contributed by atoms with Gasteiger partial charge in [-0.05, 0) is 71.2 Å². The Morgan fingerprint density at radius 1 is 1.14 bits per heavy atom. The maximum atomic E-state index is 12.1. The normalized spacial score (nSPS) is 37.5. The first-order valence-corrected chi connectivity index (χ1v) is 12.6. The zero-order valence-corrected chi connectivity index (χ0v) is 22.1. The van der Waals surface area contributed by atoms with Crippen LogP contribution in [-0.4, -0.2) is 69.0 Å². The monoisotopic (exact) mass is 489 g/mol. The molecule has 1 fully saturated rings. The van der Waals surface area contributed by atoms with Crippen molar-refractivity contribution in [3.63, 3.8) is 0 Å². The van der Waals surface area contributed by atoms with Crippen molar-refractivity contribution in [3.05, 3.63) is 48.3 Å². The first-order valence-electron chi connectivity index (χ1n) is 12.6. The molecule has 0 N–H and O–H groups in total. The fraction of sp³-hybridized carbons (Fsp3) is 0.643. The molecule has 35 heavy (non-hydrogen) atoms. The summed E-state index contributed by atoms with van der Waals surface area (Å²) >= 11 is 0. The molecule has 0 aliphatic carbocycles. The summed E-state index contributed by atoms with van der Waals surface area (Å²) in [6.07, 6.45) is 16.6. The summed E-state index contributed by atoms with van der Waals surface area (Å²) in [6, 6.07) is 0.376. The highest BCUT2D eigenvalue weighted by atomic mass is 16.7. The molecule has 1 unspecified atom stereocenters. The number of carbonyl (C=O) groups excluding carboxylic acids is 2. The fourth-order valence-corrected chi connectivity index (χ4v) is 4.61. The van der Waals surface area contributed by atoms with Crippen LogP contribution < -0.4 is 0 Å². The lowest BCUT2D eigenvalue weighted by molar-refractivity contribution is -0.223. The standard InChI is InChI=1S/C28H43NO6/c1-20-18-23(16-17-30)19-24(32-6)12-14-27(31)33-21(2)10-8-7-9-11-26(20)35-28-15-13-25(29(4)5)22(3)34-28/h7-9,11-12,14,17,19-23,25-26,28H,10,13,15-16,18H2,1-6H3/b8-7+,11-9+,14-12+,24-19-/t20-,21-,22-,23+,25+,26+,28?/m1/s1. The number of allylic oxidation sites excluding steroid dienone is 4. The summed E-state index contributed by atoms with van der Waals surface area (Å²) in [5.74, 6) is 0.144. The van der Waals surface area contributed by atoms with Crippen LogP contribution in [0.1, 0.15) is 52.9 Å². The van der Waals surface area contributed by atoms with Crippen LogP contribution in [0.2, 0.25) is 0 Å². The van der Waals surface area contributed by atoms with E-state index in [4.69, 9.17) is 18.9 Å². The van der Waals surface area contributed by atoms with Gasteiger partial charge < -0.3 is 28.6 Å². The molecule has 0 amide bonds. The number of cyclic esters (lactones) is 1. The number of aldehydes is 1. The first-order chi connectivity index (χ1) is 16.7. The van der Waals surface area contributed by atoms with Crippen molar-refractivity contribution >= 4 is 12.3 Å². The van der Waals surface area contributed by atoms with E-state index in [2.05, 4.69) is 38.9 Å². The number of hydrogen-bond acceptors (Lipinski definition) is 7. The molecule has 2 heterocycles. The van der Waals surface area contributed by atoms with Crippen LogP contribution in [0.25, 0.3) is 0 Å². The number of esters is 1. The molecule has 0 spiro atoms. The van der Waals surface area contributed by atoms with E-state index in [0.29, 0.717) is 31.1 Å². The van der Waals surface area contributed by atoms with Crippen LogP contribution in [-0.2, 0) is 28.5 Å². The third-order valence-electron chi connectivity index (χ3n) is 6.57. The van der Waals surface area contributed by atoms with E-state index < -0.39 is 5.97 Å². The number of likely N-dealkylation sites (N-methyl/N-ethyl adjacent to an activating group) is 1. The zero-order valence-electron chi connectivity index (χ0n) is 22.1. The maximum absolute atomic E-state index is 12.1. The molecule has 0 aromatic heterocycles. The van der Waals surface area contributed by atoms with E-state index >= 15 is 0 Å². The zero-order chi connectivity index (χ0) is 25.8. The summed E-state index contributed by atoms with van der Waals surface area (Å²) in [6.45, 7) is 6.08. The molecule has 2 rings (SSSR count). The van der Waals surface area contributed by atoms with Gasteiger partial charge in [-0.25, -0.2) is 4.79 Å². The number of rotatable bonds is 6. The SMILES string of the molecule is COC1=C\[C@@H](CC=O)C[C@@H](C)[C@@H](OC2CC[C@H](N(C)C)[C@@H](C)O2)/C=C/C=C/C[C@@H](C)OC(=O)\C=C\1. The molecule has 0 aromatic rings. The minimum Gasteiger partial charge on any atom is -0.497 e. The van der Waals surface area contributed by atoms with Gasteiger partial charge in [0.2, 0.25) is 0 Å². The number of ether oxygens (including phenoxy) is 4. The summed E-state index contributed by atoms with van der Waals surface area (Å²) in [7, 11) is 5.71. The molecule has 0 bridgehead atoms. The molecule has 7 heteroatoms.